The van der Waals surface area contributed by atoms with Gasteiger partial charge in [-0.3, -0.25) is 14.5 Å². The first-order valence-corrected chi connectivity index (χ1v) is 12.2. The van der Waals surface area contributed by atoms with E-state index in [4.69, 9.17) is 0 Å². The van der Waals surface area contributed by atoms with E-state index < -0.39 is 12.5 Å². The standard InChI is InChI=1S/C25H35F2N3O3/c26-25(27)10-8-18(9-11-25)16-29(23(32)17-31)12-13-30-21-6-7-22(30)15-20(14-21)28-24(33)19-4-2-1-3-5-19/h1-5,18,20-22,31H,6-17H2,(H,28,33). The first kappa shape index (κ1) is 24.1. The second-order valence-corrected chi connectivity index (χ2v) is 9.93. The van der Waals surface area contributed by atoms with Crippen molar-refractivity contribution in [2.75, 3.05) is 26.2 Å². The van der Waals surface area contributed by atoms with Gasteiger partial charge in [-0.2, -0.15) is 0 Å². The molecule has 2 atom stereocenters. The number of benzene rings is 1. The van der Waals surface area contributed by atoms with Crippen LogP contribution in [0.15, 0.2) is 30.3 Å². The summed E-state index contributed by atoms with van der Waals surface area (Å²) in [7, 11) is 0. The molecule has 8 heteroatoms. The summed E-state index contributed by atoms with van der Waals surface area (Å²) in [5.74, 6) is -2.88. The molecular formula is C25H35F2N3O3. The highest BCUT2D eigenvalue weighted by atomic mass is 19.3. The third-order valence-corrected chi connectivity index (χ3v) is 7.69. The Labute approximate surface area is 194 Å². The number of hydrogen-bond donors (Lipinski definition) is 2. The summed E-state index contributed by atoms with van der Waals surface area (Å²) in [6, 6.07) is 10.1. The van der Waals surface area contributed by atoms with Gasteiger partial charge < -0.3 is 15.3 Å². The van der Waals surface area contributed by atoms with Crippen molar-refractivity contribution in [3.05, 3.63) is 35.9 Å². The second kappa shape index (κ2) is 10.5. The molecule has 1 saturated carbocycles. The number of halogens is 2. The van der Waals surface area contributed by atoms with Crippen LogP contribution in [0.2, 0.25) is 0 Å². The summed E-state index contributed by atoms with van der Waals surface area (Å²) in [5.41, 5.74) is 0.672. The average molecular weight is 464 g/mol. The van der Waals surface area contributed by atoms with Gasteiger partial charge in [-0.25, -0.2) is 8.78 Å². The van der Waals surface area contributed by atoms with Crippen LogP contribution in [0.5, 0.6) is 0 Å². The fourth-order valence-corrected chi connectivity index (χ4v) is 5.86. The highest BCUT2D eigenvalue weighted by Gasteiger charge is 2.41. The molecule has 182 valence electrons. The predicted octanol–water partition coefficient (Wildman–Crippen LogP) is 3.06. The summed E-state index contributed by atoms with van der Waals surface area (Å²) >= 11 is 0. The zero-order valence-electron chi connectivity index (χ0n) is 19.1. The van der Waals surface area contributed by atoms with Crippen LogP contribution in [0, 0.1) is 5.92 Å². The zero-order valence-corrected chi connectivity index (χ0v) is 19.1. The number of aliphatic hydroxyl groups is 1. The van der Waals surface area contributed by atoms with Gasteiger partial charge in [-0.05, 0) is 56.6 Å². The van der Waals surface area contributed by atoms with Gasteiger partial charge in [-0.1, -0.05) is 18.2 Å². The third-order valence-electron chi connectivity index (χ3n) is 7.69. The lowest BCUT2D eigenvalue weighted by atomic mass is 9.86. The summed E-state index contributed by atoms with van der Waals surface area (Å²) in [5, 5.41) is 12.6. The van der Waals surface area contributed by atoms with E-state index in [2.05, 4.69) is 10.2 Å². The number of nitrogens with zero attached hydrogens (tertiary/aromatic N) is 2. The molecule has 2 saturated heterocycles. The Morgan fingerprint density at radius 3 is 2.30 bits per heavy atom. The molecule has 2 N–H and O–H groups in total. The van der Waals surface area contributed by atoms with E-state index in [1.54, 1.807) is 4.90 Å². The highest BCUT2D eigenvalue weighted by molar-refractivity contribution is 5.94. The predicted molar refractivity (Wildman–Crippen MR) is 121 cm³/mol. The maximum absolute atomic E-state index is 13.5. The van der Waals surface area contributed by atoms with E-state index in [1.807, 2.05) is 30.3 Å². The van der Waals surface area contributed by atoms with Gasteiger partial charge in [0, 0.05) is 56.2 Å². The largest absolute Gasteiger partial charge is 0.387 e. The van der Waals surface area contributed by atoms with Gasteiger partial charge in [0.05, 0.1) is 0 Å². The molecule has 2 amide bonds. The monoisotopic (exact) mass is 463 g/mol. The van der Waals surface area contributed by atoms with Gasteiger partial charge in [0.1, 0.15) is 6.61 Å². The van der Waals surface area contributed by atoms with Crippen LogP contribution in [0.1, 0.15) is 61.7 Å². The van der Waals surface area contributed by atoms with Crippen molar-refractivity contribution < 1.29 is 23.5 Å². The average Bonchev–Trinajstić information content (AvgIpc) is 3.05. The summed E-state index contributed by atoms with van der Waals surface area (Å²) < 4.78 is 27.0. The molecule has 2 unspecified atom stereocenters. The van der Waals surface area contributed by atoms with E-state index in [0.717, 1.165) is 25.7 Å². The van der Waals surface area contributed by atoms with Crippen molar-refractivity contribution in [3.8, 4) is 0 Å². The summed E-state index contributed by atoms with van der Waals surface area (Å²) in [4.78, 5) is 29.0. The SMILES string of the molecule is O=C(NC1CC2CCC(C1)N2CCN(CC1CCC(F)(F)CC1)C(=O)CO)c1ccccc1. The Morgan fingerprint density at radius 2 is 1.70 bits per heavy atom. The Balaban J connectivity index is 1.29. The van der Waals surface area contributed by atoms with Crippen LogP contribution in [0.4, 0.5) is 8.78 Å². The summed E-state index contributed by atoms with van der Waals surface area (Å²) in [6.45, 7) is 1.10. The Hall–Kier alpha value is -2.06. The van der Waals surface area contributed by atoms with Crippen molar-refractivity contribution in [1.29, 1.82) is 0 Å². The molecule has 2 aliphatic heterocycles. The summed E-state index contributed by atoms with van der Waals surface area (Å²) in [6.07, 6.45) is 4.53. The Morgan fingerprint density at radius 1 is 1.06 bits per heavy atom. The fourth-order valence-electron chi connectivity index (χ4n) is 5.86. The number of fused-ring (bicyclic) bond motifs is 2. The molecule has 2 heterocycles. The van der Waals surface area contributed by atoms with Crippen LogP contribution in [-0.2, 0) is 4.79 Å². The molecule has 33 heavy (non-hydrogen) atoms. The second-order valence-electron chi connectivity index (χ2n) is 9.93. The highest BCUT2D eigenvalue weighted by Crippen LogP contribution is 2.37. The first-order valence-electron chi connectivity index (χ1n) is 12.2. The van der Waals surface area contributed by atoms with Gasteiger partial charge >= 0.3 is 0 Å². The molecule has 6 nitrogen and oxygen atoms in total. The molecule has 1 aromatic rings. The molecule has 3 fully saturated rings. The van der Waals surface area contributed by atoms with Gasteiger partial charge in [0.15, 0.2) is 0 Å². The molecule has 1 aliphatic carbocycles. The molecule has 0 aromatic heterocycles. The number of hydrogen-bond acceptors (Lipinski definition) is 4. The van der Waals surface area contributed by atoms with Crippen molar-refractivity contribution in [1.82, 2.24) is 15.1 Å². The van der Waals surface area contributed by atoms with Gasteiger partial charge in [0.2, 0.25) is 11.8 Å². The van der Waals surface area contributed by atoms with E-state index in [0.29, 0.717) is 50.1 Å². The molecule has 1 aromatic carbocycles. The lowest BCUT2D eigenvalue weighted by Gasteiger charge is -2.40. The lowest BCUT2D eigenvalue weighted by molar-refractivity contribution is -0.135. The van der Waals surface area contributed by atoms with Crippen LogP contribution in [0.3, 0.4) is 0 Å². The normalized spacial score (nSPS) is 27.3. The lowest BCUT2D eigenvalue weighted by Crippen LogP contribution is -2.52. The molecule has 4 rings (SSSR count). The number of nitrogens with one attached hydrogen (secondary N) is 1. The molecule has 0 radical (unpaired) electrons. The number of piperidine rings is 1. The van der Waals surface area contributed by atoms with E-state index in [1.165, 1.54) is 0 Å². The Kier molecular flexibility index (Phi) is 7.64. The van der Waals surface area contributed by atoms with Gasteiger partial charge in [0.25, 0.3) is 5.91 Å². The number of carbonyl (C=O) groups excluding carboxylic acids is 2. The first-order chi connectivity index (χ1) is 15.8. The maximum Gasteiger partial charge on any atom is 0.251 e. The fraction of sp³-hybridized carbons (Fsp3) is 0.680. The number of alkyl halides is 2. The van der Waals surface area contributed by atoms with Crippen LogP contribution in [-0.4, -0.2) is 77.0 Å². The molecule has 2 bridgehead atoms. The van der Waals surface area contributed by atoms with E-state index >= 15 is 0 Å². The topological polar surface area (TPSA) is 72.9 Å². The minimum absolute atomic E-state index is 0.0359. The van der Waals surface area contributed by atoms with Crippen molar-refractivity contribution >= 4 is 11.8 Å². The molecule has 0 spiro atoms. The molecular weight excluding hydrogens is 428 g/mol. The van der Waals surface area contributed by atoms with E-state index in [-0.39, 0.29) is 36.6 Å². The van der Waals surface area contributed by atoms with Gasteiger partial charge in [-0.15, -0.1) is 0 Å². The number of carbonyl (C=O) groups is 2. The number of amides is 2. The Bertz CT molecular complexity index is 798. The van der Waals surface area contributed by atoms with E-state index in [9.17, 15) is 23.5 Å². The quantitative estimate of drug-likeness (QED) is 0.622. The van der Waals surface area contributed by atoms with Crippen LogP contribution in [0.25, 0.3) is 0 Å². The minimum atomic E-state index is -2.58. The zero-order chi connectivity index (χ0) is 23.4. The smallest absolute Gasteiger partial charge is 0.251 e. The van der Waals surface area contributed by atoms with Crippen molar-refractivity contribution in [2.24, 2.45) is 5.92 Å². The minimum Gasteiger partial charge on any atom is -0.387 e. The number of rotatable bonds is 8. The van der Waals surface area contributed by atoms with Crippen molar-refractivity contribution in [2.45, 2.75) is 75.4 Å². The van der Waals surface area contributed by atoms with Crippen LogP contribution < -0.4 is 5.32 Å². The molecule has 3 aliphatic rings. The van der Waals surface area contributed by atoms with Crippen molar-refractivity contribution in [3.63, 3.8) is 0 Å². The maximum atomic E-state index is 13.5. The van der Waals surface area contributed by atoms with Crippen LogP contribution >= 0.6 is 0 Å². The third kappa shape index (κ3) is 6.09. The number of aliphatic hydroxyl groups excluding tert-OH is 1.